The Kier molecular flexibility index (Phi) is 7.84. The van der Waals surface area contributed by atoms with E-state index in [0.717, 1.165) is 41.8 Å². The Balaban J connectivity index is 1.82. The van der Waals surface area contributed by atoms with Crippen LogP contribution in [-0.2, 0) is 11.3 Å². The summed E-state index contributed by atoms with van der Waals surface area (Å²) in [5.74, 6) is -0.0446. The van der Waals surface area contributed by atoms with Crippen LogP contribution in [0.2, 0.25) is 5.02 Å². The third-order valence-electron chi connectivity index (χ3n) is 4.81. The number of carbonyl (C=O) groups excluding carboxylic acids is 1. The summed E-state index contributed by atoms with van der Waals surface area (Å²) in [5, 5.41) is 11.3. The fraction of sp³-hybridized carbons (Fsp3) is 0.292. The van der Waals surface area contributed by atoms with E-state index < -0.39 is 12.6 Å². The first-order chi connectivity index (χ1) is 15.0. The molecule has 0 spiro atoms. The standard InChI is InChI=1S/C24H26ClN3O3/c1-3-4-13-28(15-18-5-10-22(17(2)14-18)31-16-23(29)30)24-26-12-11-21(27-24)19-6-8-20(25)9-7-19/h5-12,14H,3-4,13,15-16H2,1-2H3,(H,29,30)/p-1. The van der Waals surface area contributed by atoms with Gasteiger partial charge in [0.25, 0.3) is 0 Å². The summed E-state index contributed by atoms with van der Waals surface area (Å²) in [4.78, 5) is 22.1. The summed E-state index contributed by atoms with van der Waals surface area (Å²) in [6.07, 6.45) is 3.84. The fourth-order valence-corrected chi connectivity index (χ4v) is 3.34. The number of carboxylic acid groups (broad SMARTS) is 1. The minimum atomic E-state index is -1.24. The lowest BCUT2D eigenvalue weighted by Crippen LogP contribution is -2.29. The number of aromatic nitrogens is 2. The van der Waals surface area contributed by atoms with Crippen molar-refractivity contribution in [3.05, 3.63) is 70.9 Å². The molecule has 0 aliphatic carbocycles. The Morgan fingerprint density at radius 3 is 2.61 bits per heavy atom. The monoisotopic (exact) mass is 438 g/mol. The molecule has 3 aromatic rings. The lowest BCUT2D eigenvalue weighted by atomic mass is 10.1. The molecule has 2 aromatic carbocycles. The number of aliphatic carboxylic acids is 1. The highest BCUT2D eigenvalue weighted by Crippen LogP contribution is 2.24. The molecule has 1 aromatic heterocycles. The number of ether oxygens (including phenoxy) is 1. The number of anilines is 1. The van der Waals surface area contributed by atoms with Crippen LogP contribution in [0.1, 0.15) is 30.9 Å². The summed E-state index contributed by atoms with van der Waals surface area (Å²) in [5.41, 5.74) is 3.75. The number of unbranched alkanes of at least 4 members (excludes halogenated alkanes) is 1. The summed E-state index contributed by atoms with van der Waals surface area (Å²) >= 11 is 6.01. The van der Waals surface area contributed by atoms with Crippen LogP contribution in [0, 0.1) is 6.92 Å². The van der Waals surface area contributed by atoms with Crippen LogP contribution in [0.15, 0.2) is 54.7 Å². The second kappa shape index (κ2) is 10.8. The molecule has 7 heteroatoms. The van der Waals surface area contributed by atoms with Gasteiger partial charge in [-0.3, -0.25) is 0 Å². The van der Waals surface area contributed by atoms with Crippen molar-refractivity contribution in [2.24, 2.45) is 0 Å². The van der Waals surface area contributed by atoms with Gasteiger partial charge < -0.3 is 19.5 Å². The first kappa shape index (κ1) is 22.6. The molecule has 0 radical (unpaired) electrons. The molecule has 3 rings (SSSR count). The predicted octanol–water partition coefficient (Wildman–Crippen LogP) is 4.04. The van der Waals surface area contributed by atoms with E-state index in [1.807, 2.05) is 49.4 Å². The maximum Gasteiger partial charge on any atom is 0.226 e. The van der Waals surface area contributed by atoms with Gasteiger partial charge in [0, 0.05) is 29.9 Å². The second-order valence-corrected chi connectivity index (χ2v) is 7.72. The van der Waals surface area contributed by atoms with Gasteiger partial charge >= 0.3 is 0 Å². The van der Waals surface area contributed by atoms with Crippen molar-refractivity contribution in [1.29, 1.82) is 0 Å². The van der Waals surface area contributed by atoms with Crippen molar-refractivity contribution >= 4 is 23.5 Å². The molecule has 0 saturated heterocycles. The maximum atomic E-state index is 10.6. The molecule has 1 heterocycles. The predicted molar refractivity (Wildman–Crippen MR) is 120 cm³/mol. The summed E-state index contributed by atoms with van der Waals surface area (Å²) in [6, 6.07) is 15.2. The van der Waals surface area contributed by atoms with Crippen LogP contribution >= 0.6 is 11.6 Å². The average Bonchev–Trinajstić information content (AvgIpc) is 2.76. The number of halogens is 1. The number of carboxylic acids is 1. The smallest absolute Gasteiger partial charge is 0.226 e. The Hall–Kier alpha value is -3.12. The number of hydrogen-bond donors (Lipinski definition) is 0. The van der Waals surface area contributed by atoms with Crippen LogP contribution in [0.4, 0.5) is 5.95 Å². The van der Waals surface area contributed by atoms with Gasteiger partial charge in [-0.05, 0) is 48.7 Å². The molecule has 0 aliphatic heterocycles. The van der Waals surface area contributed by atoms with Crippen molar-refractivity contribution in [2.75, 3.05) is 18.1 Å². The van der Waals surface area contributed by atoms with Crippen molar-refractivity contribution in [2.45, 2.75) is 33.2 Å². The van der Waals surface area contributed by atoms with E-state index in [4.69, 9.17) is 21.3 Å². The van der Waals surface area contributed by atoms with Crippen molar-refractivity contribution in [3.8, 4) is 17.0 Å². The number of nitrogens with zero attached hydrogens (tertiary/aromatic N) is 3. The minimum Gasteiger partial charge on any atom is -0.546 e. The highest BCUT2D eigenvalue weighted by Gasteiger charge is 2.13. The van der Waals surface area contributed by atoms with E-state index >= 15 is 0 Å². The van der Waals surface area contributed by atoms with Crippen LogP contribution in [0.5, 0.6) is 5.75 Å². The van der Waals surface area contributed by atoms with Gasteiger partial charge in [-0.15, -0.1) is 0 Å². The van der Waals surface area contributed by atoms with Crippen LogP contribution in [0.3, 0.4) is 0 Å². The Labute approximate surface area is 187 Å². The SMILES string of the molecule is CCCCN(Cc1ccc(OCC(=O)[O-])c(C)c1)c1nccc(-c2ccc(Cl)cc2)n1. The summed E-state index contributed by atoms with van der Waals surface area (Å²) < 4.78 is 5.27. The zero-order valence-corrected chi connectivity index (χ0v) is 18.4. The van der Waals surface area contributed by atoms with E-state index in [2.05, 4.69) is 16.8 Å². The van der Waals surface area contributed by atoms with Crippen molar-refractivity contribution in [1.82, 2.24) is 9.97 Å². The molecule has 162 valence electrons. The van der Waals surface area contributed by atoms with Gasteiger partial charge in [-0.25, -0.2) is 9.97 Å². The van der Waals surface area contributed by atoms with E-state index in [9.17, 15) is 9.90 Å². The summed E-state index contributed by atoms with van der Waals surface area (Å²) in [7, 11) is 0. The molecule has 0 atom stereocenters. The molecular formula is C24H25ClN3O3-. The van der Waals surface area contributed by atoms with Gasteiger partial charge in [0.15, 0.2) is 0 Å². The topological polar surface area (TPSA) is 78.4 Å². The molecular weight excluding hydrogens is 414 g/mol. The van der Waals surface area contributed by atoms with Gasteiger partial charge in [0.05, 0.1) is 11.7 Å². The van der Waals surface area contributed by atoms with Gasteiger partial charge in [-0.2, -0.15) is 0 Å². The lowest BCUT2D eigenvalue weighted by Gasteiger charge is -2.23. The summed E-state index contributed by atoms with van der Waals surface area (Å²) in [6.45, 7) is 5.03. The second-order valence-electron chi connectivity index (χ2n) is 7.28. The molecule has 0 N–H and O–H groups in total. The Morgan fingerprint density at radius 2 is 1.94 bits per heavy atom. The molecule has 0 aliphatic rings. The van der Waals surface area contributed by atoms with Crippen LogP contribution in [0.25, 0.3) is 11.3 Å². The molecule has 0 amide bonds. The Morgan fingerprint density at radius 1 is 1.16 bits per heavy atom. The zero-order valence-electron chi connectivity index (χ0n) is 17.7. The quantitative estimate of drug-likeness (QED) is 0.475. The Bertz CT molecular complexity index is 1020. The number of rotatable bonds is 10. The molecule has 0 saturated carbocycles. The normalized spacial score (nSPS) is 10.7. The van der Waals surface area contributed by atoms with E-state index in [1.54, 1.807) is 12.3 Å². The molecule has 6 nitrogen and oxygen atoms in total. The number of hydrogen-bond acceptors (Lipinski definition) is 6. The highest BCUT2D eigenvalue weighted by molar-refractivity contribution is 6.30. The van der Waals surface area contributed by atoms with Gasteiger partial charge in [0.1, 0.15) is 12.4 Å². The number of carbonyl (C=O) groups is 1. The third kappa shape index (κ3) is 6.43. The lowest BCUT2D eigenvalue weighted by molar-refractivity contribution is -0.307. The largest absolute Gasteiger partial charge is 0.546 e. The first-order valence-electron chi connectivity index (χ1n) is 10.2. The number of aryl methyl sites for hydroxylation is 1. The van der Waals surface area contributed by atoms with Crippen LogP contribution < -0.4 is 14.7 Å². The van der Waals surface area contributed by atoms with E-state index in [1.165, 1.54) is 0 Å². The highest BCUT2D eigenvalue weighted by atomic mass is 35.5. The average molecular weight is 439 g/mol. The molecule has 31 heavy (non-hydrogen) atoms. The molecule has 0 fully saturated rings. The van der Waals surface area contributed by atoms with E-state index in [0.29, 0.717) is 23.3 Å². The number of benzene rings is 2. The molecule has 0 bridgehead atoms. The minimum absolute atomic E-state index is 0.464. The van der Waals surface area contributed by atoms with Gasteiger partial charge in [-0.1, -0.05) is 49.2 Å². The van der Waals surface area contributed by atoms with Crippen LogP contribution in [-0.4, -0.2) is 29.1 Å². The van der Waals surface area contributed by atoms with Gasteiger partial charge in [0.2, 0.25) is 5.95 Å². The third-order valence-corrected chi connectivity index (χ3v) is 5.06. The van der Waals surface area contributed by atoms with Crippen molar-refractivity contribution in [3.63, 3.8) is 0 Å². The van der Waals surface area contributed by atoms with E-state index in [-0.39, 0.29) is 0 Å². The molecule has 0 unspecified atom stereocenters. The maximum absolute atomic E-state index is 10.6. The first-order valence-corrected chi connectivity index (χ1v) is 10.6. The fourth-order valence-electron chi connectivity index (χ4n) is 3.21. The zero-order chi connectivity index (χ0) is 22.2. The van der Waals surface area contributed by atoms with Crippen molar-refractivity contribution < 1.29 is 14.6 Å².